The number of rotatable bonds is 0. The summed E-state index contributed by atoms with van der Waals surface area (Å²) in [4.78, 5) is 4.28. The Kier molecular flexibility index (Phi) is 2.27. The van der Waals surface area contributed by atoms with Crippen LogP contribution in [0.3, 0.4) is 0 Å². The van der Waals surface area contributed by atoms with Crippen LogP contribution in [0.4, 0.5) is 5.69 Å². The van der Waals surface area contributed by atoms with E-state index < -0.39 is 0 Å². The van der Waals surface area contributed by atoms with Gasteiger partial charge in [0.2, 0.25) is 0 Å². The first-order valence-electron chi connectivity index (χ1n) is 5.06. The number of nitrogens with zero attached hydrogens (tertiary/aromatic N) is 2. The number of benzene rings is 1. The van der Waals surface area contributed by atoms with E-state index in [-0.39, 0.29) is 11.1 Å². The topological polar surface area (TPSA) is 45.3 Å². The van der Waals surface area contributed by atoms with Crippen molar-refractivity contribution in [3.05, 3.63) is 45.2 Å². The average Bonchev–Trinajstić information content (AvgIpc) is 2.69. The Labute approximate surface area is 107 Å². The highest BCUT2D eigenvalue weighted by molar-refractivity contribution is 14.1. The van der Waals surface area contributed by atoms with E-state index in [1.807, 2.05) is 35.8 Å². The quantitative estimate of drug-likeness (QED) is 0.590. The molecule has 1 N–H and O–H groups in total. The number of quaternary nitrogens is 1. The maximum Gasteiger partial charge on any atom is 0.156 e. The van der Waals surface area contributed by atoms with Crippen LogP contribution in [0.15, 0.2) is 30.6 Å². The zero-order valence-corrected chi connectivity index (χ0v) is 10.8. The summed E-state index contributed by atoms with van der Waals surface area (Å²) in [6.45, 7) is 1.94. The zero-order valence-electron chi connectivity index (χ0n) is 8.64. The standard InChI is InChI=1S/C11H10IN3O/c1-7-10-11(12)13-6-14(10)8-4-2-3-5-9(8)15(7)16/h2-7,15H,1H3. The van der Waals surface area contributed by atoms with Gasteiger partial charge in [-0.2, -0.15) is 0 Å². The van der Waals surface area contributed by atoms with Crippen molar-refractivity contribution < 1.29 is 5.06 Å². The number of hydrogen-bond donors (Lipinski definition) is 1. The summed E-state index contributed by atoms with van der Waals surface area (Å²) in [7, 11) is 0. The van der Waals surface area contributed by atoms with Crippen molar-refractivity contribution >= 4 is 28.3 Å². The molecule has 4 nitrogen and oxygen atoms in total. The van der Waals surface area contributed by atoms with Crippen LogP contribution in [0.2, 0.25) is 0 Å². The molecule has 2 atom stereocenters. The number of nitrogens with one attached hydrogen (secondary N) is 1. The van der Waals surface area contributed by atoms with Crippen LogP contribution in [0, 0.1) is 8.91 Å². The SMILES string of the molecule is CC1c2c(I)ncn2-c2ccccc2[NH+]1[O-]. The Balaban J connectivity index is 2.34. The number of imidazole rings is 1. The summed E-state index contributed by atoms with van der Waals surface area (Å²) < 4.78 is 2.93. The Morgan fingerprint density at radius 2 is 2.19 bits per heavy atom. The monoisotopic (exact) mass is 327 g/mol. The van der Waals surface area contributed by atoms with Crippen molar-refractivity contribution in [1.82, 2.24) is 9.55 Å². The molecule has 3 rings (SSSR count). The molecule has 2 heterocycles. The first-order chi connectivity index (χ1) is 7.70. The van der Waals surface area contributed by atoms with Gasteiger partial charge in [-0.3, -0.25) is 4.57 Å². The van der Waals surface area contributed by atoms with Gasteiger partial charge in [0, 0.05) is 6.07 Å². The fraction of sp³-hybridized carbons (Fsp3) is 0.182. The summed E-state index contributed by atoms with van der Waals surface area (Å²) >= 11 is 2.18. The summed E-state index contributed by atoms with van der Waals surface area (Å²) in [6.07, 6.45) is 1.79. The second-order valence-corrected chi connectivity index (χ2v) is 4.92. The van der Waals surface area contributed by atoms with Crippen molar-refractivity contribution in [1.29, 1.82) is 0 Å². The smallest absolute Gasteiger partial charge is 0.156 e. The first-order valence-corrected chi connectivity index (χ1v) is 6.14. The molecule has 0 fully saturated rings. The fourth-order valence-electron chi connectivity index (χ4n) is 2.16. The molecule has 5 heteroatoms. The minimum absolute atomic E-state index is 0.107. The molecule has 2 aromatic rings. The maximum atomic E-state index is 12.2. The molecule has 0 radical (unpaired) electrons. The van der Waals surface area contributed by atoms with Gasteiger partial charge in [-0.1, -0.05) is 12.1 Å². The summed E-state index contributed by atoms with van der Waals surface area (Å²) in [6, 6.07) is 7.57. The van der Waals surface area contributed by atoms with Gasteiger partial charge < -0.3 is 10.3 Å². The van der Waals surface area contributed by atoms with E-state index in [1.165, 1.54) is 0 Å². The lowest BCUT2D eigenvalue weighted by Crippen LogP contribution is -3.03. The third-order valence-corrected chi connectivity index (χ3v) is 3.82. The van der Waals surface area contributed by atoms with Crippen LogP contribution in [0.1, 0.15) is 18.7 Å². The Hall–Kier alpha value is -0.920. The third kappa shape index (κ3) is 1.25. The molecule has 16 heavy (non-hydrogen) atoms. The first kappa shape index (κ1) is 10.2. The zero-order chi connectivity index (χ0) is 11.3. The Morgan fingerprint density at radius 3 is 3.00 bits per heavy atom. The van der Waals surface area contributed by atoms with E-state index in [1.54, 1.807) is 6.33 Å². The minimum Gasteiger partial charge on any atom is -0.628 e. The molecular weight excluding hydrogens is 317 g/mol. The van der Waals surface area contributed by atoms with Crippen molar-refractivity contribution in [2.24, 2.45) is 0 Å². The molecule has 1 aromatic carbocycles. The highest BCUT2D eigenvalue weighted by Crippen LogP contribution is 2.29. The number of para-hydroxylation sites is 2. The Morgan fingerprint density at radius 1 is 1.44 bits per heavy atom. The third-order valence-electron chi connectivity index (χ3n) is 2.99. The summed E-state index contributed by atoms with van der Waals surface area (Å²) in [5, 5.41) is 12.4. The second kappa shape index (κ2) is 3.54. The van der Waals surface area contributed by atoms with Crippen LogP contribution in [-0.4, -0.2) is 9.55 Å². The predicted molar refractivity (Wildman–Crippen MR) is 68.7 cm³/mol. The molecule has 1 aliphatic rings. The van der Waals surface area contributed by atoms with Crippen molar-refractivity contribution in [2.45, 2.75) is 13.0 Å². The molecule has 1 aromatic heterocycles. The van der Waals surface area contributed by atoms with Crippen LogP contribution in [0.25, 0.3) is 5.69 Å². The molecule has 2 unspecified atom stereocenters. The number of fused-ring (bicyclic) bond motifs is 3. The molecule has 0 saturated heterocycles. The van der Waals surface area contributed by atoms with E-state index in [4.69, 9.17) is 0 Å². The van der Waals surface area contributed by atoms with E-state index in [0.717, 1.165) is 20.8 Å². The highest BCUT2D eigenvalue weighted by Gasteiger charge is 2.30. The second-order valence-electron chi connectivity index (χ2n) is 3.89. The molecule has 0 bridgehead atoms. The van der Waals surface area contributed by atoms with E-state index in [9.17, 15) is 5.21 Å². The van der Waals surface area contributed by atoms with Gasteiger partial charge >= 0.3 is 0 Å². The largest absolute Gasteiger partial charge is 0.628 e. The average molecular weight is 327 g/mol. The lowest BCUT2D eigenvalue weighted by atomic mass is 10.1. The van der Waals surface area contributed by atoms with E-state index >= 15 is 0 Å². The number of halogens is 1. The lowest BCUT2D eigenvalue weighted by molar-refractivity contribution is -0.813. The lowest BCUT2D eigenvalue weighted by Gasteiger charge is -2.34. The van der Waals surface area contributed by atoms with Crippen molar-refractivity contribution in [3.8, 4) is 5.69 Å². The number of aromatic nitrogens is 2. The van der Waals surface area contributed by atoms with Crippen LogP contribution in [0.5, 0.6) is 0 Å². The van der Waals surface area contributed by atoms with Gasteiger partial charge in [-0.15, -0.1) is 0 Å². The van der Waals surface area contributed by atoms with Crippen LogP contribution in [-0.2, 0) is 0 Å². The van der Waals surface area contributed by atoms with Crippen LogP contribution < -0.4 is 5.06 Å². The minimum atomic E-state index is -0.107. The molecule has 0 aliphatic carbocycles. The van der Waals surface area contributed by atoms with Gasteiger partial charge in [-0.05, 0) is 35.6 Å². The van der Waals surface area contributed by atoms with Gasteiger partial charge in [0.1, 0.15) is 27.5 Å². The normalized spacial score (nSPS) is 22.7. The van der Waals surface area contributed by atoms with E-state index in [0.29, 0.717) is 0 Å². The summed E-state index contributed by atoms with van der Waals surface area (Å²) in [5.41, 5.74) is 2.73. The van der Waals surface area contributed by atoms with Gasteiger partial charge in [-0.25, -0.2) is 4.98 Å². The highest BCUT2D eigenvalue weighted by atomic mass is 127. The molecule has 0 spiro atoms. The molecular formula is C11H10IN3O. The number of hydrogen-bond acceptors (Lipinski definition) is 2. The van der Waals surface area contributed by atoms with Crippen molar-refractivity contribution in [3.63, 3.8) is 0 Å². The maximum absolute atomic E-state index is 12.2. The summed E-state index contributed by atoms with van der Waals surface area (Å²) in [5.74, 6) is 0. The molecule has 0 amide bonds. The van der Waals surface area contributed by atoms with Gasteiger partial charge in [0.25, 0.3) is 0 Å². The fourth-order valence-corrected chi connectivity index (χ4v) is 3.02. The van der Waals surface area contributed by atoms with Crippen LogP contribution >= 0.6 is 22.6 Å². The number of hydroxylamine groups is 1. The molecule has 0 saturated carbocycles. The predicted octanol–water partition coefficient (Wildman–Crippen LogP) is 1.57. The van der Waals surface area contributed by atoms with Gasteiger partial charge in [0.05, 0.1) is 0 Å². The van der Waals surface area contributed by atoms with Crippen molar-refractivity contribution in [2.75, 3.05) is 0 Å². The molecule has 1 aliphatic heterocycles. The molecule has 82 valence electrons. The Bertz CT molecular complexity index is 552. The van der Waals surface area contributed by atoms with Gasteiger partial charge in [0.15, 0.2) is 5.69 Å². The van der Waals surface area contributed by atoms with E-state index in [2.05, 4.69) is 27.6 Å².